The maximum Gasteiger partial charge on any atom is 0.171 e. The van der Waals surface area contributed by atoms with E-state index in [0.717, 1.165) is 29.1 Å². The van der Waals surface area contributed by atoms with Crippen molar-refractivity contribution in [3.05, 3.63) is 28.8 Å². The van der Waals surface area contributed by atoms with Crippen LogP contribution in [-0.2, 0) is 0 Å². The summed E-state index contributed by atoms with van der Waals surface area (Å²) in [7, 11) is 0. The lowest BCUT2D eigenvalue weighted by Gasteiger charge is -2.43. The molecule has 0 unspecified atom stereocenters. The Kier molecular flexibility index (Phi) is 5.05. The summed E-state index contributed by atoms with van der Waals surface area (Å²) in [6.45, 7) is 11.2. The van der Waals surface area contributed by atoms with Crippen LogP contribution in [0, 0.1) is 6.92 Å². The number of rotatable bonds is 2. The molecule has 0 aromatic heterocycles. The third-order valence-corrected chi connectivity index (χ3v) is 4.81. The van der Waals surface area contributed by atoms with Gasteiger partial charge in [0, 0.05) is 29.6 Å². The van der Waals surface area contributed by atoms with Crippen molar-refractivity contribution in [1.29, 1.82) is 0 Å². The number of benzene rings is 1. The fourth-order valence-electron chi connectivity index (χ4n) is 3.71. The first kappa shape index (κ1) is 17.5. The van der Waals surface area contributed by atoms with Crippen LogP contribution in [0.4, 0.5) is 5.69 Å². The van der Waals surface area contributed by atoms with Crippen LogP contribution in [-0.4, -0.2) is 22.2 Å². The Balaban J connectivity index is 2.01. The molecular weight excluding hydrogens is 314 g/mol. The Hall–Kier alpha value is -0.840. The average molecular weight is 341 g/mol. The molecule has 1 aromatic carbocycles. The van der Waals surface area contributed by atoms with Crippen molar-refractivity contribution < 1.29 is 5.32 Å². The molecule has 0 spiro atoms. The van der Waals surface area contributed by atoms with Crippen LogP contribution in [0.2, 0.25) is 5.02 Å². The number of anilines is 1. The number of hydrogen-bond donors (Lipinski definition) is 3. The Morgan fingerprint density at radius 2 is 1.82 bits per heavy atom. The first-order chi connectivity index (χ1) is 10.1. The zero-order valence-corrected chi connectivity index (χ0v) is 15.7. The van der Waals surface area contributed by atoms with Gasteiger partial charge in [0.05, 0.1) is 11.1 Å². The summed E-state index contributed by atoms with van der Waals surface area (Å²) in [4.78, 5) is 0. The normalized spacial score (nSPS) is 20.5. The largest absolute Gasteiger partial charge is 0.359 e. The quantitative estimate of drug-likeness (QED) is 0.724. The van der Waals surface area contributed by atoms with Crippen LogP contribution < -0.4 is 16.0 Å². The van der Waals surface area contributed by atoms with Gasteiger partial charge in [-0.2, -0.15) is 0 Å². The van der Waals surface area contributed by atoms with Crippen molar-refractivity contribution in [3.63, 3.8) is 0 Å². The van der Waals surface area contributed by atoms with Crippen molar-refractivity contribution in [1.82, 2.24) is 5.32 Å². The van der Waals surface area contributed by atoms with Crippen molar-refractivity contribution in [2.24, 2.45) is 0 Å². The molecule has 4 N–H and O–H groups in total. The zero-order chi connectivity index (χ0) is 16.5. The third-order valence-electron chi connectivity index (χ3n) is 4.18. The van der Waals surface area contributed by atoms with E-state index in [2.05, 4.69) is 43.6 Å². The molecule has 0 atom stereocenters. The summed E-state index contributed by atoms with van der Waals surface area (Å²) >= 11 is 11.7. The molecule has 1 saturated heterocycles. The smallest absolute Gasteiger partial charge is 0.171 e. The second-order valence-electron chi connectivity index (χ2n) is 7.74. The van der Waals surface area contributed by atoms with Gasteiger partial charge in [0.25, 0.3) is 0 Å². The molecule has 0 aliphatic carbocycles. The molecule has 22 heavy (non-hydrogen) atoms. The van der Waals surface area contributed by atoms with E-state index in [0.29, 0.717) is 11.2 Å². The third kappa shape index (κ3) is 4.58. The van der Waals surface area contributed by atoms with Crippen molar-refractivity contribution in [2.75, 3.05) is 5.32 Å². The average Bonchev–Trinajstić information content (AvgIpc) is 2.30. The minimum absolute atomic E-state index is 0.223. The highest BCUT2D eigenvalue weighted by atomic mass is 35.5. The van der Waals surface area contributed by atoms with Gasteiger partial charge < -0.3 is 16.0 Å². The van der Waals surface area contributed by atoms with Crippen LogP contribution >= 0.6 is 23.8 Å². The number of halogens is 1. The Morgan fingerprint density at radius 1 is 1.23 bits per heavy atom. The fraction of sp³-hybridized carbons (Fsp3) is 0.588. The molecule has 1 aliphatic rings. The number of quaternary nitrogens is 1. The molecule has 0 amide bonds. The molecule has 1 aromatic rings. The highest BCUT2D eigenvalue weighted by Crippen LogP contribution is 2.24. The lowest BCUT2D eigenvalue weighted by Crippen LogP contribution is -3.06. The van der Waals surface area contributed by atoms with Crippen LogP contribution in [0.25, 0.3) is 0 Å². The molecule has 5 heteroatoms. The second-order valence-corrected chi connectivity index (χ2v) is 8.55. The maximum atomic E-state index is 6.16. The predicted molar refractivity (Wildman–Crippen MR) is 98.7 cm³/mol. The minimum Gasteiger partial charge on any atom is -0.359 e. The summed E-state index contributed by atoms with van der Waals surface area (Å²) < 4.78 is 0. The van der Waals surface area contributed by atoms with Gasteiger partial charge in [0.15, 0.2) is 5.11 Å². The number of nitrogens with two attached hydrogens (primary N) is 1. The van der Waals surface area contributed by atoms with Gasteiger partial charge in [-0.25, -0.2) is 0 Å². The van der Waals surface area contributed by atoms with E-state index in [1.807, 2.05) is 25.1 Å². The van der Waals surface area contributed by atoms with Gasteiger partial charge in [0.1, 0.15) is 0 Å². The Labute approximate surface area is 144 Å². The summed E-state index contributed by atoms with van der Waals surface area (Å²) in [6.07, 6.45) is 2.18. The molecule has 0 radical (unpaired) electrons. The van der Waals surface area contributed by atoms with Crippen LogP contribution in [0.3, 0.4) is 0 Å². The van der Waals surface area contributed by atoms with Gasteiger partial charge in [-0.3, -0.25) is 0 Å². The molecule has 122 valence electrons. The number of thiocarbonyl (C=S) groups is 1. The molecule has 1 aliphatic heterocycles. The van der Waals surface area contributed by atoms with E-state index in [1.54, 1.807) is 0 Å². The number of hydrogen-bond acceptors (Lipinski definition) is 1. The standard InChI is InChI=1S/C17H26ClN3S/c1-11-13(18)7-6-8-14(11)20-15(22)19-12-9-16(2,3)21-17(4,5)10-12/h6-8,12,21H,9-10H2,1-5H3,(H2,19,20,22)/p+1. The highest BCUT2D eigenvalue weighted by molar-refractivity contribution is 7.80. The van der Waals surface area contributed by atoms with Crippen molar-refractivity contribution in [2.45, 2.75) is 64.6 Å². The molecule has 0 saturated carbocycles. The van der Waals surface area contributed by atoms with Crippen molar-refractivity contribution in [3.8, 4) is 0 Å². The summed E-state index contributed by atoms with van der Waals surface area (Å²) in [6, 6.07) is 6.20. The molecule has 1 fully saturated rings. The van der Waals surface area contributed by atoms with E-state index in [-0.39, 0.29) is 11.1 Å². The van der Waals surface area contributed by atoms with Gasteiger partial charge in [0.2, 0.25) is 0 Å². The molecule has 3 nitrogen and oxygen atoms in total. The lowest BCUT2D eigenvalue weighted by molar-refractivity contribution is -0.787. The lowest BCUT2D eigenvalue weighted by atomic mass is 9.80. The summed E-state index contributed by atoms with van der Waals surface area (Å²) in [5, 5.41) is 10.7. The van der Waals surface area contributed by atoms with E-state index >= 15 is 0 Å². The van der Waals surface area contributed by atoms with Crippen molar-refractivity contribution >= 4 is 34.6 Å². The van der Waals surface area contributed by atoms with Crippen LogP contribution in [0.1, 0.15) is 46.1 Å². The fourth-order valence-corrected chi connectivity index (χ4v) is 4.16. The summed E-state index contributed by atoms with van der Waals surface area (Å²) in [5.74, 6) is 0. The first-order valence-electron chi connectivity index (χ1n) is 7.78. The van der Waals surface area contributed by atoms with Gasteiger partial charge >= 0.3 is 0 Å². The first-order valence-corrected chi connectivity index (χ1v) is 8.56. The van der Waals surface area contributed by atoms with E-state index in [9.17, 15) is 0 Å². The molecule has 2 rings (SSSR count). The SMILES string of the molecule is Cc1c(Cl)cccc1NC(=S)NC1CC(C)(C)[NH2+]C(C)(C)C1. The molecular formula is C17H27ClN3S+. The minimum atomic E-state index is 0.223. The maximum absolute atomic E-state index is 6.16. The van der Waals surface area contributed by atoms with E-state index < -0.39 is 0 Å². The summed E-state index contributed by atoms with van der Waals surface area (Å²) in [5.41, 5.74) is 2.43. The topological polar surface area (TPSA) is 40.7 Å². The van der Waals surface area contributed by atoms with Crippen LogP contribution in [0.5, 0.6) is 0 Å². The highest BCUT2D eigenvalue weighted by Gasteiger charge is 2.41. The zero-order valence-electron chi connectivity index (χ0n) is 14.1. The number of nitrogens with one attached hydrogen (secondary N) is 2. The molecule has 0 bridgehead atoms. The Bertz CT molecular complexity index is 553. The van der Waals surface area contributed by atoms with Crippen LogP contribution in [0.15, 0.2) is 18.2 Å². The van der Waals surface area contributed by atoms with Gasteiger partial charge in [-0.1, -0.05) is 17.7 Å². The van der Waals surface area contributed by atoms with E-state index in [4.69, 9.17) is 23.8 Å². The molecule has 1 heterocycles. The number of piperidine rings is 1. The second kappa shape index (κ2) is 6.34. The van der Waals surface area contributed by atoms with E-state index in [1.165, 1.54) is 0 Å². The van der Waals surface area contributed by atoms with Gasteiger partial charge in [-0.15, -0.1) is 0 Å². The monoisotopic (exact) mass is 340 g/mol. The van der Waals surface area contributed by atoms with Gasteiger partial charge in [-0.05, 0) is 64.5 Å². The Morgan fingerprint density at radius 3 is 2.41 bits per heavy atom. The predicted octanol–water partition coefficient (Wildman–Crippen LogP) is 3.22.